The van der Waals surface area contributed by atoms with Gasteiger partial charge in [-0.25, -0.2) is 0 Å². The van der Waals surface area contributed by atoms with Crippen molar-refractivity contribution >= 4 is 27.5 Å². The van der Waals surface area contributed by atoms with Crippen molar-refractivity contribution < 1.29 is 14.3 Å². The highest BCUT2D eigenvalue weighted by Crippen LogP contribution is 2.30. The summed E-state index contributed by atoms with van der Waals surface area (Å²) in [4.78, 5) is 12.2. The minimum Gasteiger partial charge on any atom is -0.490 e. The molecule has 1 N–H and O–H groups in total. The molecule has 2 rings (SSSR count). The zero-order valence-electron chi connectivity index (χ0n) is 12.6. The number of rotatable bonds is 6. The number of carbonyl (C=O) groups excluding carboxylic acids is 1. The van der Waals surface area contributed by atoms with Crippen LogP contribution in [0.25, 0.3) is 0 Å². The molecule has 0 atom stereocenters. The van der Waals surface area contributed by atoms with Crippen molar-refractivity contribution in [3.8, 4) is 11.5 Å². The van der Waals surface area contributed by atoms with Gasteiger partial charge in [0.2, 0.25) is 0 Å². The SMILES string of the molecule is CCOc1ccc(NC(=O)c2cccc(Br)c2)cc1OCC. The second-order valence-corrected chi connectivity index (χ2v) is 5.41. The minimum absolute atomic E-state index is 0.173. The first-order chi connectivity index (χ1) is 10.6. The maximum atomic E-state index is 12.2. The monoisotopic (exact) mass is 363 g/mol. The predicted molar refractivity (Wildman–Crippen MR) is 90.9 cm³/mol. The quantitative estimate of drug-likeness (QED) is 0.821. The standard InChI is InChI=1S/C17H18BrNO3/c1-3-21-15-9-8-14(11-16(15)22-4-2)19-17(20)12-6-5-7-13(18)10-12/h5-11H,3-4H2,1-2H3,(H,19,20). The van der Waals surface area contributed by atoms with Gasteiger partial charge in [0.1, 0.15) is 0 Å². The molecule has 0 spiro atoms. The highest BCUT2D eigenvalue weighted by atomic mass is 79.9. The number of carbonyl (C=O) groups is 1. The molecule has 0 bridgehead atoms. The Morgan fingerprint density at radius 2 is 1.77 bits per heavy atom. The fourth-order valence-corrected chi connectivity index (χ4v) is 2.36. The van der Waals surface area contributed by atoms with Crippen LogP contribution < -0.4 is 14.8 Å². The number of nitrogens with one attached hydrogen (secondary N) is 1. The summed E-state index contributed by atoms with van der Waals surface area (Å²) >= 11 is 3.36. The molecule has 0 saturated heterocycles. The molecular formula is C17H18BrNO3. The molecule has 5 heteroatoms. The van der Waals surface area contributed by atoms with E-state index in [9.17, 15) is 4.79 Å². The third-order valence-corrected chi connectivity index (χ3v) is 3.38. The van der Waals surface area contributed by atoms with Crippen LogP contribution in [0.3, 0.4) is 0 Å². The van der Waals surface area contributed by atoms with Crippen molar-refractivity contribution in [1.29, 1.82) is 0 Å². The van der Waals surface area contributed by atoms with E-state index in [-0.39, 0.29) is 5.91 Å². The summed E-state index contributed by atoms with van der Waals surface area (Å²) in [5.41, 5.74) is 1.25. The number of hydrogen-bond donors (Lipinski definition) is 1. The first kappa shape index (κ1) is 16.4. The zero-order chi connectivity index (χ0) is 15.9. The van der Waals surface area contributed by atoms with E-state index in [4.69, 9.17) is 9.47 Å². The van der Waals surface area contributed by atoms with Crippen LogP contribution in [0, 0.1) is 0 Å². The largest absolute Gasteiger partial charge is 0.490 e. The Balaban J connectivity index is 2.18. The Labute approximate surface area is 138 Å². The van der Waals surface area contributed by atoms with Crippen LogP contribution in [0.2, 0.25) is 0 Å². The summed E-state index contributed by atoms with van der Waals surface area (Å²) < 4.78 is 11.9. The molecule has 0 saturated carbocycles. The summed E-state index contributed by atoms with van der Waals surface area (Å²) in [5, 5.41) is 2.86. The number of halogens is 1. The van der Waals surface area contributed by atoms with E-state index < -0.39 is 0 Å². The van der Waals surface area contributed by atoms with E-state index in [0.717, 1.165) is 4.47 Å². The number of benzene rings is 2. The molecule has 0 radical (unpaired) electrons. The first-order valence-electron chi connectivity index (χ1n) is 7.10. The Morgan fingerprint density at radius 1 is 1.05 bits per heavy atom. The molecule has 0 aliphatic heterocycles. The Bertz CT molecular complexity index is 658. The molecule has 0 heterocycles. The van der Waals surface area contributed by atoms with Gasteiger partial charge < -0.3 is 14.8 Å². The number of ether oxygens (including phenoxy) is 2. The van der Waals surface area contributed by atoms with Gasteiger partial charge in [-0.1, -0.05) is 22.0 Å². The van der Waals surface area contributed by atoms with Gasteiger partial charge in [0, 0.05) is 21.8 Å². The summed E-state index contributed by atoms with van der Waals surface area (Å²) in [5.74, 6) is 1.12. The molecule has 2 aromatic carbocycles. The van der Waals surface area contributed by atoms with Gasteiger partial charge in [0.15, 0.2) is 11.5 Å². The summed E-state index contributed by atoms with van der Waals surface area (Å²) in [7, 11) is 0. The lowest BCUT2D eigenvalue weighted by atomic mass is 10.2. The van der Waals surface area contributed by atoms with E-state index >= 15 is 0 Å². The molecule has 116 valence electrons. The first-order valence-corrected chi connectivity index (χ1v) is 7.90. The Hall–Kier alpha value is -2.01. The highest BCUT2D eigenvalue weighted by molar-refractivity contribution is 9.10. The molecule has 0 aliphatic carbocycles. The molecule has 22 heavy (non-hydrogen) atoms. The van der Waals surface area contributed by atoms with Gasteiger partial charge in [0.25, 0.3) is 5.91 Å². The van der Waals surface area contributed by atoms with Gasteiger partial charge in [-0.15, -0.1) is 0 Å². The van der Waals surface area contributed by atoms with Crippen LogP contribution in [0.15, 0.2) is 46.9 Å². The maximum absolute atomic E-state index is 12.2. The molecule has 0 fully saturated rings. The second-order valence-electron chi connectivity index (χ2n) is 4.49. The second kappa shape index (κ2) is 7.84. The molecule has 0 aromatic heterocycles. The van der Waals surface area contributed by atoms with Crippen LogP contribution >= 0.6 is 15.9 Å². The molecule has 1 amide bonds. The molecule has 0 aliphatic rings. The van der Waals surface area contributed by atoms with Crippen LogP contribution in [-0.4, -0.2) is 19.1 Å². The summed E-state index contributed by atoms with van der Waals surface area (Å²) in [6.45, 7) is 4.91. The van der Waals surface area contributed by atoms with Crippen LogP contribution in [0.4, 0.5) is 5.69 Å². The molecule has 2 aromatic rings. The topological polar surface area (TPSA) is 47.6 Å². The smallest absolute Gasteiger partial charge is 0.255 e. The van der Waals surface area contributed by atoms with E-state index in [2.05, 4.69) is 21.2 Å². The molecular weight excluding hydrogens is 346 g/mol. The van der Waals surface area contributed by atoms with Crippen molar-refractivity contribution in [2.45, 2.75) is 13.8 Å². The van der Waals surface area contributed by atoms with Crippen molar-refractivity contribution in [3.05, 3.63) is 52.5 Å². The summed E-state index contributed by atoms with van der Waals surface area (Å²) in [6, 6.07) is 12.6. The number of anilines is 1. The van der Waals surface area contributed by atoms with E-state index in [1.54, 1.807) is 30.3 Å². The van der Waals surface area contributed by atoms with Crippen LogP contribution in [0.1, 0.15) is 24.2 Å². The third kappa shape index (κ3) is 4.24. The highest BCUT2D eigenvalue weighted by Gasteiger charge is 2.10. The average Bonchev–Trinajstić information content (AvgIpc) is 2.50. The van der Waals surface area contributed by atoms with Crippen molar-refractivity contribution in [2.75, 3.05) is 18.5 Å². The number of amides is 1. The van der Waals surface area contributed by atoms with Gasteiger partial charge in [-0.05, 0) is 44.2 Å². The lowest BCUT2D eigenvalue weighted by Gasteiger charge is -2.13. The maximum Gasteiger partial charge on any atom is 0.255 e. The van der Waals surface area contributed by atoms with Gasteiger partial charge in [0.05, 0.1) is 13.2 Å². The average molecular weight is 364 g/mol. The van der Waals surface area contributed by atoms with Gasteiger partial charge >= 0.3 is 0 Å². The minimum atomic E-state index is -0.173. The van der Waals surface area contributed by atoms with E-state index in [0.29, 0.717) is 36.0 Å². The zero-order valence-corrected chi connectivity index (χ0v) is 14.1. The Kier molecular flexibility index (Phi) is 5.83. The van der Waals surface area contributed by atoms with Crippen LogP contribution in [-0.2, 0) is 0 Å². The molecule has 4 nitrogen and oxygen atoms in total. The van der Waals surface area contributed by atoms with Gasteiger partial charge in [-0.3, -0.25) is 4.79 Å². The van der Waals surface area contributed by atoms with E-state index in [1.165, 1.54) is 0 Å². The normalized spacial score (nSPS) is 10.1. The van der Waals surface area contributed by atoms with Crippen molar-refractivity contribution in [1.82, 2.24) is 0 Å². The van der Waals surface area contributed by atoms with Crippen molar-refractivity contribution in [3.63, 3.8) is 0 Å². The van der Waals surface area contributed by atoms with Gasteiger partial charge in [-0.2, -0.15) is 0 Å². The lowest BCUT2D eigenvalue weighted by molar-refractivity contribution is 0.102. The van der Waals surface area contributed by atoms with Crippen LogP contribution in [0.5, 0.6) is 11.5 Å². The third-order valence-electron chi connectivity index (χ3n) is 2.89. The fourth-order valence-electron chi connectivity index (χ4n) is 1.96. The molecule has 0 unspecified atom stereocenters. The predicted octanol–water partition coefficient (Wildman–Crippen LogP) is 4.50. The fraction of sp³-hybridized carbons (Fsp3) is 0.235. The van der Waals surface area contributed by atoms with E-state index in [1.807, 2.05) is 26.0 Å². The van der Waals surface area contributed by atoms with Crippen molar-refractivity contribution in [2.24, 2.45) is 0 Å². The Morgan fingerprint density at radius 3 is 2.45 bits per heavy atom. The summed E-state index contributed by atoms with van der Waals surface area (Å²) in [6.07, 6.45) is 0. The lowest BCUT2D eigenvalue weighted by Crippen LogP contribution is -2.12. The number of hydrogen-bond acceptors (Lipinski definition) is 3.